The van der Waals surface area contributed by atoms with Crippen molar-refractivity contribution >= 4 is 11.8 Å². The number of hydrogen-bond donors (Lipinski definition) is 0. The van der Waals surface area contributed by atoms with Gasteiger partial charge in [0.15, 0.2) is 5.78 Å². The van der Waals surface area contributed by atoms with Crippen LogP contribution >= 0.6 is 0 Å². The van der Waals surface area contributed by atoms with Crippen LogP contribution in [0.15, 0.2) is 24.3 Å². The van der Waals surface area contributed by atoms with Gasteiger partial charge in [0, 0.05) is 18.6 Å². The van der Waals surface area contributed by atoms with Crippen molar-refractivity contribution in [1.29, 1.82) is 0 Å². The Morgan fingerprint density at radius 3 is 2.53 bits per heavy atom. The standard InChI is InChI=1S/C15H18O4/c1-11(16)12-4-6-13(7-5-12)15(17)19-10-8-14-3-2-9-18-14/h4-7,14H,2-3,8-10H2,1H3/t14-/m1/s1. The van der Waals surface area contributed by atoms with Gasteiger partial charge in [0.1, 0.15) is 0 Å². The Morgan fingerprint density at radius 1 is 1.26 bits per heavy atom. The molecule has 0 aromatic heterocycles. The van der Waals surface area contributed by atoms with Gasteiger partial charge in [-0.2, -0.15) is 0 Å². The molecule has 0 N–H and O–H groups in total. The number of carbonyl (C=O) groups is 2. The molecule has 0 bridgehead atoms. The Kier molecular flexibility index (Phi) is 4.68. The average molecular weight is 262 g/mol. The third kappa shape index (κ3) is 3.89. The highest BCUT2D eigenvalue weighted by Gasteiger charge is 2.16. The number of carbonyl (C=O) groups excluding carboxylic acids is 2. The molecule has 0 amide bonds. The molecule has 4 nitrogen and oxygen atoms in total. The van der Waals surface area contributed by atoms with Gasteiger partial charge in [-0.05, 0) is 31.9 Å². The van der Waals surface area contributed by atoms with Gasteiger partial charge in [-0.1, -0.05) is 12.1 Å². The highest BCUT2D eigenvalue weighted by molar-refractivity contribution is 5.96. The molecular formula is C15H18O4. The second kappa shape index (κ2) is 6.48. The van der Waals surface area contributed by atoms with Crippen LogP contribution in [0, 0.1) is 0 Å². The Bertz CT molecular complexity index is 444. The lowest BCUT2D eigenvalue weighted by Crippen LogP contribution is -2.13. The lowest BCUT2D eigenvalue weighted by atomic mass is 10.1. The average Bonchev–Trinajstić information content (AvgIpc) is 2.92. The Hall–Kier alpha value is -1.68. The number of benzene rings is 1. The third-order valence-corrected chi connectivity index (χ3v) is 3.22. The molecule has 1 atom stereocenters. The summed E-state index contributed by atoms with van der Waals surface area (Å²) in [6.07, 6.45) is 3.11. The van der Waals surface area contributed by atoms with E-state index in [4.69, 9.17) is 9.47 Å². The maximum atomic E-state index is 11.8. The molecule has 1 fully saturated rings. The number of esters is 1. The van der Waals surface area contributed by atoms with E-state index in [1.807, 2.05) is 0 Å². The van der Waals surface area contributed by atoms with Crippen LogP contribution < -0.4 is 0 Å². The van der Waals surface area contributed by atoms with E-state index in [0.29, 0.717) is 17.7 Å². The Balaban J connectivity index is 1.80. The normalized spacial score (nSPS) is 18.3. The second-order valence-corrected chi connectivity index (χ2v) is 4.69. The first-order valence-electron chi connectivity index (χ1n) is 6.56. The van der Waals surface area contributed by atoms with Gasteiger partial charge in [-0.3, -0.25) is 4.79 Å². The van der Waals surface area contributed by atoms with Crippen molar-refractivity contribution in [2.75, 3.05) is 13.2 Å². The van der Waals surface area contributed by atoms with Crippen molar-refractivity contribution in [2.24, 2.45) is 0 Å². The summed E-state index contributed by atoms with van der Waals surface area (Å²) in [4.78, 5) is 22.9. The number of ether oxygens (including phenoxy) is 2. The SMILES string of the molecule is CC(=O)c1ccc(C(=O)OCC[C@H]2CCCO2)cc1. The predicted octanol–water partition coefficient (Wildman–Crippen LogP) is 2.62. The first-order valence-corrected chi connectivity index (χ1v) is 6.56. The van der Waals surface area contributed by atoms with Gasteiger partial charge < -0.3 is 9.47 Å². The summed E-state index contributed by atoms with van der Waals surface area (Å²) in [5.41, 5.74) is 1.06. The summed E-state index contributed by atoms with van der Waals surface area (Å²) in [5.74, 6) is -0.369. The van der Waals surface area contributed by atoms with Crippen LogP contribution in [0.5, 0.6) is 0 Å². The van der Waals surface area contributed by atoms with Gasteiger partial charge >= 0.3 is 5.97 Å². The van der Waals surface area contributed by atoms with E-state index in [0.717, 1.165) is 25.9 Å². The predicted molar refractivity (Wildman–Crippen MR) is 70.3 cm³/mol. The first-order chi connectivity index (χ1) is 9.16. The molecule has 1 heterocycles. The summed E-state index contributed by atoms with van der Waals surface area (Å²) in [6.45, 7) is 2.68. The van der Waals surface area contributed by atoms with Crippen molar-refractivity contribution in [3.8, 4) is 0 Å². The largest absolute Gasteiger partial charge is 0.462 e. The van der Waals surface area contributed by atoms with Crippen molar-refractivity contribution < 1.29 is 19.1 Å². The van der Waals surface area contributed by atoms with E-state index < -0.39 is 0 Å². The monoisotopic (exact) mass is 262 g/mol. The number of Topliss-reactive ketones (excluding diaryl/α,β-unsaturated/α-hetero) is 1. The van der Waals surface area contributed by atoms with Crippen LogP contribution in [0.3, 0.4) is 0 Å². The molecule has 0 aliphatic carbocycles. The van der Waals surface area contributed by atoms with Gasteiger partial charge in [-0.15, -0.1) is 0 Å². The van der Waals surface area contributed by atoms with E-state index in [1.54, 1.807) is 24.3 Å². The van der Waals surface area contributed by atoms with E-state index in [2.05, 4.69) is 0 Å². The molecule has 2 rings (SSSR count). The number of hydrogen-bond acceptors (Lipinski definition) is 4. The molecule has 0 radical (unpaired) electrons. The van der Waals surface area contributed by atoms with Gasteiger partial charge in [-0.25, -0.2) is 4.79 Å². The summed E-state index contributed by atoms with van der Waals surface area (Å²) in [5, 5.41) is 0. The molecule has 0 spiro atoms. The van der Waals surface area contributed by atoms with E-state index >= 15 is 0 Å². The van der Waals surface area contributed by atoms with Crippen molar-refractivity contribution in [3.63, 3.8) is 0 Å². The molecule has 0 unspecified atom stereocenters. The summed E-state index contributed by atoms with van der Waals surface area (Å²) in [6, 6.07) is 6.51. The van der Waals surface area contributed by atoms with E-state index in [-0.39, 0.29) is 17.9 Å². The zero-order chi connectivity index (χ0) is 13.7. The van der Waals surface area contributed by atoms with Crippen LogP contribution in [0.25, 0.3) is 0 Å². The van der Waals surface area contributed by atoms with Crippen LogP contribution in [0.4, 0.5) is 0 Å². The van der Waals surface area contributed by atoms with Crippen molar-refractivity contribution in [2.45, 2.75) is 32.3 Å². The fraction of sp³-hybridized carbons (Fsp3) is 0.467. The smallest absolute Gasteiger partial charge is 0.338 e. The zero-order valence-corrected chi connectivity index (χ0v) is 11.1. The summed E-state index contributed by atoms with van der Waals surface area (Å²) < 4.78 is 10.6. The lowest BCUT2D eigenvalue weighted by molar-refractivity contribution is 0.0385. The minimum Gasteiger partial charge on any atom is -0.462 e. The van der Waals surface area contributed by atoms with Crippen LogP contribution in [0.2, 0.25) is 0 Å². The second-order valence-electron chi connectivity index (χ2n) is 4.69. The fourth-order valence-electron chi connectivity index (χ4n) is 2.08. The maximum Gasteiger partial charge on any atom is 0.338 e. The quantitative estimate of drug-likeness (QED) is 0.604. The highest BCUT2D eigenvalue weighted by Crippen LogP contribution is 2.15. The Morgan fingerprint density at radius 2 is 1.95 bits per heavy atom. The van der Waals surface area contributed by atoms with E-state index in [9.17, 15) is 9.59 Å². The highest BCUT2D eigenvalue weighted by atomic mass is 16.5. The van der Waals surface area contributed by atoms with Crippen molar-refractivity contribution in [1.82, 2.24) is 0 Å². The van der Waals surface area contributed by atoms with Crippen LogP contribution in [-0.2, 0) is 9.47 Å². The maximum absolute atomic E-state index is 11.8. The molecule has 1 aromatic rings. The molecule has 19 heavy (non-hydrogen) atoms. The molecule has 1 saturated heterocycles. The Labute approximate surface area is 112 Å². The zero-order valence-electron chi connectivity index (χ0n) is 11.1. The first kappa shape index (κ1) is 13.7. The minimum absolute atomic E-state index is 0.0155. The van der Waals surface area contributed by atoms with Crippen LogP contribution in [0.1, 0.15) is 46.9 Å². The van der Waals surface area contributed by atoms with Gasteiger partial charge in [0.05, 0.1) is 18.3 Å². The van der Waals surface area contributed by atoms with E-state index in [1.165, 1.54) is 6.92 Å². The number of ketones is 1. The van der Waals surface area contributed by atoms with Crippen LogP contribution in [-0.4, -0.2) is 31.1 Å². The third-order valence-electron chi connectivity index (χ3n) is 3.22. The fourth-order valence-corrected chi connectivity index (χ4v) is 2.08. The van der Waals surface area contributed by atoms with Gasteiger partial charge in [0.25, 0.3) is 0 Å². The van der Waals surface area contributed by atoms with Gasteiger partial charge in [0.2, 0.25) is 0 Å². The molecule has 0 saturated carbocycles. The summed E-state index contributed by atoms with van der Waals surface area (Å²) >= 11 is 0. The molecule has 1 aliphatic heterocycles. The molecule has 1 aliphatic rings. The topological polar surface area (TPSA) is 52.6 Å². The van der Waals surface area contributed by atoms with Crippen molar-refractivity contribution in [3.05, 3.63) is 35.4 Å². The number of rotatable bonds is 5. The molecule has 4 heteroatoms. The molecule has 102 valence electrons. The summed E-state index contributed by atoms with van der Waals surface area (Å²) in [7, 11) is 0. The lowest BCUT2D eigenvalue weighted by Gasteiger charge is -2.09. The minimum atomic E-state index is -0.354. The molecule has 1 aromatic carbocycles. The molecular weight excluding hydrogens is 244 g/mol.